The summed E-state index contributed by atoms with van der Waals surface area (Å²) in [5, 5.41) is 28.1. The molecule has 0 saturated carbocycles. The SMILES string of the molecule is CCc1cn([C@H]2C[C@H](O)[C@@H](CO)O2)c(=O)n(O)c1=O. The molecule has 1 aromatic heterocycles. The fraction of sp³-hybridized carbons (Fsp3) is 0.636. The molecule has 2 rings (SSSR count). The topological polar surface area (TPSA) is 114 Å². The zero-order valence-corrected chi connectivity index (χ0v) is 10.4. The molecular formula is C11H16N2O6. The van der Waals surface area contributed by atoms with E-state index >= 15 is 0 Å². The van der Waals surface area contributed by atoms with E-state index in [2.05, 4.69) is 0 Å². The third-order valence-electron chi connectivity index (χ3n) is 3.24. The van der Waals surface area contributed by atoms with Crippen molar-refractivity contribution >= 4 is 0 Å². The summed E-state index contributed by atoms with van der Waals surface area (Å²) in [4.78, 5) is 23.3. The minimum absolute atomic E-state index is 0.0286. The summed E-state index contributed by atoms with van der Waals surface area (Å²) in [7, 11) is 0. The van der Waals surface area contributed by atoms with E-state index in [0.717, 1.165) is 4.57 Å². The minimum atomic E-state index is -0.932. The summed E-state index contributed by atoms with van der Waals surface area (Å²) in [6.07, 6.45) is -0.726. The van der Waals surface area contributed by atoms with Crippen LogP contribution in [0.5, 0.6) is 0 Å². The second kappa shape index (κ2) is 5.16. The summed E-state index contributed by atoms with van der Waals surface area (Å²) >= 11 is 0. The summed E-state index contributed by atoms with van der Waals surface area (Å²) in [6.45, 7) is 1.35. The highest BCUT2D eigenvalue weighted by Gasteiger charge is 2.35. The molecule has 0 aliphatic carbocycles. The third-order valence-corrected chi connectivity index (χ3v) is 3.24. The summed E-state index contributed by atoms with van der Waals surface area (Å²) < 4.78 is 6.40. The molecule has 2 heterocycles. The van der Waals surface area contributed by atoms with Crippen molar-refractivity contribution in [3.63, 3.8) is 0 Å². The Labute approximate surface area is 108 Å². The van der Waals surface area contributed by atoms with E-state index in [1.165, 1.54) is 6.20 Å². The van der Waals surface area contributed by atoms with Crippen LogP contribution in [0.15, 0.2) is 15.8 Å². The molecule has 8 nitrogen and oxygen atoms in total. The smallest absolute Gasteiger partial charge is 0.366 e. The van der Waals surface area contributed by atoms with Gasteiger partial charge in [-0.3, -0.25) is 9.36 Å². The summed E-state index contributed by atoms with van der Waals surface area (Å²) in [5.74, 6) is 0. The molecule has 3 N–H and O–H groups in total. The first-order valence-electron chi connectivity index (χ1n) is 6.00. The van der Waals surface area contributed by atoms with Crippen molar-refractivity contribution in [3.05, 3.63) is 32.6 Å². The van der Waals surface area contributed by atoms with Gasteiger partial charge in [-0.2, -0.15) is 0 Å². The van der Waals surface area contributed by atoms with Gasteiger partial charge in [0, 0.05) is 18.2 Å². The van der Waals surface area contributed by atoms with Crippen molar-refractivity contribution in [1.82, 2.24) is 9.30 Å². The molecule has 0 spiro atoms. The highest BCUT2D eigenvalue weighted by atomic mass is 16.5. The van der Waals surface area contributed by atoms with E-state index < -0.39 is 29.7 Å². The Hall–Kier alpha value is -1.64. The Kier molecular flexibility index (Phi) is 3.74. The molecule has 1 aliphatic heterocycles. The first-order valence-corrected chi connectivity index (χ1v) is 6.00. The molecule has 1 fully saturated rings. The lowest BCUT2D eigenvalue weighted by Gasteiger charge is -2.16. The van der Waals surface area contributed by atoms with Gasteiger partial charge in [-0.25, -0.2) is 4.79 Å². The van der Waals surface area contributed by atoms with Crippen molar-refractivity contribution in [2.24, 2.45) is 0 Å². The monoisotopic (exact) mass is 272 g/mol. The van der Waals surface area contributed by atoms with Crippen LogP contribution in [-0.2, 0) is 11.2 Å². The number of hydrogen-bond donors (Lipinski definition) is 3. The van der Waals surface area contributed by atoms with Crippen LogP contribution in [0.2, 0.25) is 0 Å². The molecule has 0 radical (unpaired) electrons. The van der Waals surface area contributed by atoms with Gasteiger partial charge in [0.1, 0.15) is 12.3 Å². The molecule has 0 bridgehead atoms. The van der Waals surface area contributed by atoms with Gasteiger partial charge < -0.3 is 20.2 Å². The Balaban J connectivity index is 2.44. The van der Waals surface area contributed by atoms with E-state index in [0.29, 0.717) is 6.42 Å². The van der Waals surface area contributed by atoms with E-state index in [4.69, 9.17) is 9.84 Å². The maximum Gasteiger partial charge on any atom is 0.366 e. The number of aliphatic hydroxyl groups is 2. The van der Waals surface area contributed by atoms with Crippen LogP contribution in [0.1, 0.15) is 25.1 Å². The lowest BCUT2D eigenvalue weighted by Crippen LogP contribution is -2.41. The largest absolute Gasteiger partial charge is 0.421 e. The fourth-order valence-electron chi connectivity index (χ4n) is 2.11. The van der Waals surface area contributed by atoms with Gasteiger partial charge in [0.25, 0.3) is 5.56 Å². The lowest BCUT2D eigenvalue weighted by molar-refractivity contribution is -0.0480. The average molecular weight is 272 g/mol. The van der Waals surface area contributed by atoms with E-state index in [1.807, 2.05) is 0 Å². The third kappa shape index (κ3) is 2.29. The van der Waals surface area contributed by atoms with Crippen LogP contribution >= 0.6 is 0 Å². The molecule has 0 aromatic carbocycles. The van der Waals surface area contributed by atoms with Crippen molar-refractivity contribution in [1.29, 1.82) is 0 Å². The van der Waals surface area contributed by atoms with Crippen LogP contribution in [0, 0.1) is 0 Å². The average Bonchev–Trinajstić information content (AvgIpc) is 2.77. The number of hydrogen-bond acceptors (Lipinski definition) is 6. The van der Waals surface area contributed by atoms with Crippen LogP contribution in [0.4, 0.5) is 0 Å². The second-order valence-corrected chi connectivity index (χ2v) is 4.43. The zero-order valence-electron chi connectivity index (χ0n) is 10.4. The van der Waals surface area contributed by atoms with Gasteiger partial charge in [0.05, 0.1) is 12.7 Å². The minimum Gasteiger partial charge on any atom is -0.421 e. The van der Waals surface area contributed by atoms with E-state index in [-0.39, 0.29) is 23.3 Å². The van der Waals surface area contributed by atoms with E-state index in [9.17, 15) is 19.9 Å². The standard InChI is InChI=1S/C11H16N2O6/c1-2-6-4-12(11(17)13(18)10(6)16)9-3-7(15)8(5-14)19-9/h4,7-9,14-15,18H,2-3,5H2,1H3/t7-,8+,9+/m0/s1. The van der Waals surface area contributed by atoms with Crippen molar-refractivity contribution in [2.45, 2.75) is 38.2 Å². The normalized spacial score (nSPS) is 26.8. The van der Waals surface area contributed by atoms with Gasteiger partial charge >= 0.3 is 5.69 Å². The molecule has 1 saturated heterocycles. The van der Waals surface area contributed by atoms with Gasteiger partial charge in [0.15, 0.2) is 0 Å². The number of rotatable bonds is 3. The molecule has 0 amide bonds. The van der Waals surface area contributed by atoms with Crippen molar-refractivity contribution < 1.29 is 20.2 Å². The second-order valence-electron chi connectivity index (χ2n) is 4.43. The van der Waals surface area contributed by atoms with Gasteiger partial charge in [-0.15, -0.1) is 0 Å². The molecule has 106 valence electrons. The van der Waals surface area contributed by atoms with Crippen LogP contribution in [0.3, 0.4) is 0 Å². The molecule has 0 unspecified atom stereocenters. The van der Waals surface area contributed by atoms with E-state index in [1.54, 1.807) is 6.92 Å². The molecule has 3 atom stereocenters. The number of ether oxygens (including phenoxy) is 1. The molecule has 19 heavy (non-hydrogen) atoms. The fourth-order valence-corrected chi connectivity index (χ4v) is 2.11. The summed E-state index contributed by atoms with van der Waals surface area (Å²) in [5.41, 5.74) is -1.44. The summed E-state index contributed by atoms with van der Waals surface area (Å²) in [6, 6.07) is 0. The Morgan fingerprint density at radius 1 is 1.47 bits per heavy atom. The predicted molar refractivity (Wildman–Crippen MR) is 63.1 cm³/mol. The molecule has 1 aromatic rings. The first-order chi connectivity index (χ1) is 8.99. The lowest BCUT2D eigenvalue weighted by atomic mass is 10.2. The molecule has 1 aliphatic rings. The Morgan fingerprint density at radius 2 is 2.16 bits per heavy atom. The molecule has 8 heteroatoms. The van der Waals surface area contributed by atoms with Crippen molar-refractivity contribution in [3.8, 4) is 0 Å². The highest BCUT2D eigenvalue weighted by Crippen LogP contribution is 2.27. The van der Waals surface area contributed by atoms with Crippen molar-refractivity contribution in [2.75, 3.05) is 6.61 Å². The number of aromatic nitrogens is 2. The Bertz CT molecular complexity index is 578. The van der Waals surface area contributed by atoms with Crippen LogP contribution in [-0.4, -0.2) is 43.5 Å². The van der Waals surface area contributed by atoms with Crippen LogP contribution in [0.25, 0.3) is 0 Å². The van der Waals surface area contributed by atoms with Gasteiger partial charge in [0.2, 0.25) is 0 Å². The maximum absolute atomic E-state index is 11.8. The molecular weight excluding hydrogens is 256 g/mol. The maximum atomic E-state index is 11.8. The number of nitrogens with zero attached hydrogens (tertiary/aromatic N) is 2. The zero-order chi connectivity index (χ0) is 14.2. The van der Waals surface area contributed by atoms with Crippen LogP contribution < -0.4 is 11.2 Å². The van der Waals surface area contributed by atoms with Gasteiger partial charge in [-0.05, 0) is 6.42 Å². The number of aryl methyl sites for hydroxylation is 1. The predicted octanol–water partition coefficient (Wildman–Crippen LogP) is -1.55. The quantitative estimate of drug-likeness (QED) is 0.574. The Morgan fingerprint density at radius 3 is 2.68 bits per heavy atom. The first kappa shape index (κ1) is 13.8. The number of aliphatic hydroxyl groups excluding tert-OH is 2. The van der Waals surface area contributed by atoms with Gasteiger partial charge in [-0.1, -0.05) is 11.7 Å². The highest BCUT2D eigenvalue weighted by molar-refractivity contribution is 5.05.